The third-order valence-electron chi connectivity index (χ3n) is 6.34. The summed E-state index contributed by atoms with van der Waals surface area (Å²) < 4.78 is 5.88. The van der Waals surface area contributed by atoms with Gasteiger partial charge in [-0.3, -0.25) is 9.59 Å². The molecule has 1 aliphatic heterocycles. The van der Waals surface area contributed by atoms with Gasteiger partial charge in [0.05, 0.1) is 11.1 Å². The number of benzene rings is 3. The lowest BCUT2D eigenvalue weighted by Crippen LogP contribution is -2.45. The van der Waals surface area contributed by atoms with Crippen LogP contribution < -0.4 is 16.0 Å². The molecule has 2 aliphatic rings. The van der Waals surface area contributed by atoms with E-state index in [0.29, 0.717) is 22.0 Å². The van der Waals surface area contributed by atoms with Gasteiger partial charge in [-0.1, -0.05) is 48.0 Å². The molecule has 1 aliphatic carbocycles. The van der Waals surface area contributed by atoms with E-state index in [4.69, 9.17) is 10.5 Å². The number of allylic oxidation sites excluding steroid dienone is 1. The summed E-state index contributed by atoms with van der Waals surface area (Å²) in [5, 5.41) is 12.3. The summed E-state index contributed by atoms with van der Waals surface area (Å²) in [6.07, 6.45) is 0. The molecule has 0 fully saturated rings. The minimum atomic E-state index is -1.65. The molecule has 4 aromatic rings. The summed E-state index contributed by atoms with van der Waals surface area (Å²) in [5.74, 6) is -0.292. The molecule has 0 radical (unpaired) electrons. The Morgan fingerprint density at radius 1 is 1.10 bits per heavy atom. The zero-order valence-electron chi connectivity index (χ0n) is 16.4. The van der Waals surface area contributed by atoms with Crippen LogP contribution in [0, 0.1) is 18.3 Å². The lowest BCUT2D eigenvalue weighted by Gasteiger charge is -2.34. The Labute approximate surface area is 176 Å². The number of ether oxygens (including phenoxy) is 1. The van der Waals surface area contributed by atoms with Crippen molar-refractivity contribution in [2.75, 3.05) is 0 Å². The Morgan fingerprint density at radius 3 is 2.65 bits per heavy atom. The number of carbonyl (C=O) groups is 1. The monoisotopic (exact) mass is 405 g/mol. The van der Waals surface area contributed by atoms with Gasteiger partial charge in [0.1, 0.15) is 22.8 Å². The number of nitrogens with two attached hydrogens (primary N) is 1. The Bertz CT molecular complexity index is 1630. The molecule has 6 rings (SSSR count). The van der Waals surface area contributed by atoms with E-state index in [0.717, 1.165) is 16.3 Å². The van der Waals surface area contributed by atoms with Crippen LogP contribution in [0.2, 0.25) is 0 Å². The summed E-state index contributed by atoms with van der Waals surface area (Å²) in [6, 6.07) is 18.6. The van der Waals surface area contributed by atoms with Crippen molar-refractivity contribution in [1.29, 1.82) is 5.26 Å². The predicted octanol–water partition coefficient (Wildman–Crippen LogP) is 3.56. The number of pyridine rings is 1. The number of H-pyrrole nitrogens is 1. The van der Waals surface area contributed by atoms with Gasteiger partial charge in [-0.25, -0.2) is 0 Å². The molecule has 3 aromatic carbocycles. The molecule has 0 saturated heterocycles. The maximum absolute atomic E-state index is 14.0. The number of nitriles is 1. The largest absolute Gasteiger partial charge is 0.439 e. The molecule has 6 heteroatoms. The van der Waals surface area contributed by atoms with E-state index in [-0.39, 0.29) is 28.6 Å². The lowest BCUT2D eigenvalue weighted by molar-refractivity contribution is 0.0936. The van der Waals surface area contributed by atoms with E-state index in [2.05, 4.69) is 11.1 Å². The highest BCUT2D eigenvalue weighted by Gasteiger charge is 2.58. The third kappa shape index (κ3) is 1.91. The Balaban J connectivity index is 1.88. The Kier molecular flexibility index (Phi) is 3.17. The fraction of sp³-hybridized carbons (Fsp3) is 0.0800. The van der Waals surface area contributed by atoms with Crippen LogP contribution in [0.5, 0.6) is 5.75 Å². The number of carbonyl (C=O) groups excluding carboxylic acids is 1. The second kappa shape index (κ2) is 5.61. The summed E-state index contributed by atoms with van der Waals surface area (Å²) in [6.45, 7) is 1.92. The number of aromatic nitrogens is 1. The highest BCUT2D eigenvalue weighted by molar-refractivity contribution is 6.24. The smallest absolute Gasteiger partial charge is 0.257 e. The molecule has 6 nitrogen and oxygen atoms in total. The lowest BCUT2D eigenvalue weighted by atomic mass is 9.67. The number of fused-ring (bicyclic) bond motifs is 5. The number of aromatic amines is 1. The molecule has 1 aromatic heterocycles. The standard InChI is InChI=1S/C25H15N3O3/c1-12-8-9-18-15(10-12)21-20(24(30)28-18)25(17(11-26)23(27)31-21)16-7-3-5-13-4-2-6-14(19(13)16)22(25)29/h2-10H,27H2,1H3,(H,28,30). The molecule has 1 unspecified atom stereocenters. The number of hydrogen-bond acceptors (Lipinski definition) is 5. The van der Waals surface area contributed by atoms with Crippen LogP contribution >= 0.6 is 0 Å². The molecule has 2 heterocycles. The Morgan fingerprint density at radius 2 is 1.87 bits per heavy atom. The molecule has 0 amide bonds. The first-order valence-electron chi connectivity index (χ1n) is 9.80. The van der Waals surface area contributed by atoms with Crippen molar-refractivity contribution in [3.8, 4) is 11.8 Å². The van der Waals surface area contributed by atoms with Crippen LogP contribution in [-0.4, -0.2) is 10.8 Å². The van der Waals surface area contributed by atoms with Gasteiger partial charge in [-0.15, -0.1) is 0 Å². The number of rotatable bonds is 0. The number of hydrogen-bond donors (Lipinski definition) is 2. The van der Waals surface area contributed by atoms with E-state index >= 15 is 0 Å². The maximum Gasteiger partial charge on any atom is 0.257 e. The van der Waals surface area contributed by atoms with E-state index in [1.807, 2.05) is 37.3 Å². The third-order valence-corrected chi connectivity index (χ3v) is 6.34. The van der Waals surface area contributed by atoms with Crippen LogP contribution in [0.15, 0.2) is 70.8 Å². The summed E-state index contributed by atoms with van der Waals surface area (Å²) in [5.41, 5.74) is 6.70. The Hall–Kier alpha value is -4.37. The van der Waals surface area contributed by atoms with Gasteiger partial charge in [0.15, 0.2) is 5.78 Å². The normalized spacial score (nSPS) is 19.0. The van der Waals surface area contributed by atoms with Crippen molar-refractivity contribution in [2.45, 2.75) is 12.3 Å². The first kappa shape index (κ1) is 17.5. The minimum Gasteiger partial charge on any atom is -0.439 e. The maximum atomic E-state index is 14.0. The topological polar surface area (TPSA) is 109 Å². The molecule has 148 valence electrons. The van der Waals surface area contributed by atoms with Crippen LogP contribution in [0.4, 0.5) is 0 Å². The molecule has 0 bridgehead atoms. The average Bonchev–Trinajstić information content (AvgIpc) is 3.00. The van der Waals surface area contributed by atoms with Gasteiger partial charge in [0.2, 0.25) is 5.88 Å². The van der Waals surface area contributed by atoms with Crippen molar-refractivity contribution in [2.24, 2.45) is 5.73 Å². The van der Waals surface area contributed by atoms with E-state index in [9.17, 15) is 14.9 Å². The number of Topliss-reactive ketones (excluding diaryl/α,β-unsaturated/α-hetero) is 1. The van der Waals surface area contributed by atoms with Crippen molar-refractivity contribution in [1.82, 2.24) is 4.98 Å². The quantitative estimate of drug-likeness (QED) is 0.465. The van der Waals surface area contributed by atoms with Gasteiger partial charge in [-0.2, -0.15) is 5.26 Å². The van der Waals surface area contributed by atoms with Gasteiger partial charge >= 0.3 is 0 Å². The fourth-order valence-electron chi connectivity index (χ4n) is 5.10. The van der Waals surface area contributed by atoms with Crippen LogP contribution in [0.3, 0.4) is 0 Å². The van der Waals surface area contributed by atoms with Crippen LogP contribution in [0.25, 0.3) is 21.7 Å². The summed E-state index contributed by atoms with van der Waals surface area (Å²) in [4.78, 5) is 30.4. The van der Waals surface area contributed by atoms with E-state index < -0.39 is 11.0 Å². The van der Waals surface area contributed by atoms with E-state index in [1.165, 1.54) is 0 Å². The van der Waals surface area contributed by atoms with Gasteiger partial charge in [0.25, 0.3) is 5.56 Å². The van der Waals surface area contributed by atoms with Crippen molar-refractivity contribution >= 4 is 27.5 Å². The highest BCUT2D eigenvalue weighted by atomic mass is 16.5. The number of ketones is 1. The van der Waals surface area contributed by atoms with Gasteiger partial charge < -0.3 is 15.5 Å². The first-order chi connectivity index (χ1) is 15.0. The summed E-state index contributed by atoms with van der Waals surface area (Å²) >= 11 is 0. The molecule has 0 saturated carbocycles. The average molecular weight is 405 g/mol. The molecule has 1 spiro atoms. The fourth-order valence-corrected chi connectivity index (χ4v) is 5.10. The highest BCUT2D eigenvalue weighted by Crippen LogP contribution is 2.55. The number of nitrogens with one attached hydrogen (secondary N) is 1. The number of aryl methyl sites for hydroxylation is 1. The van der Waals surface area contributed by atoms with Gasteiger partial charge in [-0.05, 0) is 35.4 Å². The SMILES string of the molecule is Cc1ccc2[nH]c(=O)c3c(c2c1)OC(N)=C(C#N)C31C(=O)c2cccc3cccc1c23. The first-order valence-corrected chi connectivity index (χ1v) is 9.80. The zero-order chi connectivity index (χ0) is 21.5. The predicted molar refractivity (Wildman–Crippen MR) is 116 cm³/mol. The van der Waals surface area contributed by atoms with Crippen LogP contribution in [0.1, 0.15) is 27.0 Å². The second-order valence-electron chi connectivity index (χ2n) is 7.95. The molecular weight excluding hydrogens is 390 g/mol. The summed E-state index contributed by atoms with van der Waals surface area (Å²) in [7, 11) is 0. The molecule has 1 atom stereocenters. The number of nitrogens with zero attached hydrogens (tertiary/aromatic N) is 1. The van der Waals surface area contributed by atoms with Crippen molar-refractivity contribution in [3.63, 3.8) is 0 Å². The minimum absolute atomic E-state index is 0.0637. The molecule has 31 heavy (non-hydrogen) atoms. The second-order valence-corrected chi connectivity index (χ2v) is 7.95. The van der Waals surface area contributed by atoms with Crippen molar-refractivity contribution in [3.05, 3.63) is 98.7 Å². The van der Waals surface area contributed by atoms with Gasteiger partial charge in [0, 0.05) is 10.9 Å². The van der Waals surface area contributed by atoms with E-state index in [1.54, 1.807) is 24.3 Å². The van der Waals surface area contributed by atoms with Crippen LogP contribution in [-0.2, 0) is 5.41 Å². The molecular formula is C25H15N3O3. The zero-order valence-corrected chi connectivity index (χ0v) is 16.4. The van der Waals surface area contributed by atoms with Crippen molar-refractivity contribution < 1.29 is 9.53 Å². The molecule has 3 N–H and O–H groups in total.